The van der Waals surface area contributed by atoms with Gasteiger partial charge in [-0.15, -0.1) is 0 Å². The van der Waals surface area contributed by atoms with E-state index in [2.05, 4.69) is 10.6 Å². The number of fused-ring (bicyclic) bond motifs is 2. The van der Waals surface area contributed by atoms with Crippen molar-refractivity contribution in [3.63, 3.8) is 0 Å². The summed E-state index contributed by atoms with van der Waals surface area (Å²) in [6.07, 6.45) is 1.39. The van der Waals surface area contributed by atoms with Gasteiger partial charge in [0, 0.05) is 24.2 Å². The van der Waals surface area contributed by atoms with Crippen molar-refractivity contribution in [1.29, 1.82) is 0 Å². The number of nitrogens with one attached hydrogen (secondary N) is 2. The van der Waals surface area contributed by atoms with Gasteiger partial charge in [-0.25, -0.2) is 0 Å². The third-order valence-corrected chi connectivity index (χ3v) is 6.18. The summed E-state index contributed by atoms with van der Waals surface area (Å²) in [5.74, 6) is 1.74. The van der Waals surface area contributed by atoms with E-state index in [1.54, 1.807) is 25.1 Å². The number of hydrogen-bond acceptors (Lipinski definition) is 8. The second kappa shape index (κ2) is 13.4. The predicted octanol–water partition coefficient (Wildman–Crippen LogP) is 3.82. The zero-order valence-electron chi connectivity index (χ0n) is 22.8. The Hall–Kier alpha value is -4.19. The van der Waals surface area contributed by atoms with E-state index in [1.165, 1.54) is 0 Å². The summed E-state index contributed by atoms with van der Waals surface area (Å²) in [6, 6.07) is 22.2. The van der Waals surface area contributed by atoms with Gasteiger partial charge in [0.2, 0.25) is 0 Å². The number of ether oxygens (including phenoxy) is 2. The largest absolute Gasteiger partial charge is 0.486 e. The van der Waals surface area contributed by atoms with Crippen LogP contribution in [0.25, 0.3) is 22.3 Å². The van der Waals surface area contributed by atoms with Crippen LogP contribution in [0.3, 0.4) is 0 Å². The molecule has 0 spiro atoms. The van der Waals surface area contributed by atoms with Crippen molar-refractivity contribution in [3.8, 4) is 22.8 Å². The molecule has 0 saturated heterocycles. The molecule has 0 saturated carbocycles. The number of carbonyl (C=O) groups excluding carboxylic acids is 1. The molecule has 11 heteroatoms. The van der Waals surface area contributed by atoms with Gasteiger partial charge in [0.15, 0.2) is 22.5 Å². The topological polar surface area (TPSA) is 144 Å². The number of rotatable bonds is 8. The first-order valence-electron chi connectivity index (χ1n) is 13.0. The molecule has 2 heterocycles. The van der Waals surface area contributed by atoms with Gasteiger partial charge in [0.1, 0.15) is 18.5 Å². The van der Waals surface area contributed by atoms with Crippen molar-refractivity contribution in [2.75, 3.05) is 32.5 Å². The van der Waals surface area contributed by atoms with Gasteiger partial charge in [0.05, 0.1) is 17.2 Å². The average Bonchev–Trinajstić information content (AvgIpc) is 2.96. The Morgan fingerprint density at radius 2 is 1.66 bits per heavy atom. The lowest BCUT2D eigenvalue weighted by molar-refractivity contribution is 0.0902. The van der Waals surface area contributed by atoms with Crippen LogP contribution in [-0.4, -0.2) is 57.5 Å². The molecule has 0 fully saturated rings. The molecule has 0 radical (unpaired) electrons. The zero-order valence-corrected chi connectivity index (χ0v) is 23.6. The summed E-state index contributed by atoms with van der Waals surface area (Å²) in [6.45, 7) is 4.09. The minimum absolute atomic E-state index is 0.0599. The Labute approximate surface area is 238 Å². The second-order valence-corrected chi connectivity index (χ2v) is 10.9. The molecule has 10 nitrogen and oxygen atoms in total. The van der Waals surface area contributed by atoms with Crippen molar-refractivity contribution in [2.45, 2.75) is 19.4 Å². The Morgan fingerprint density at radius 3 is 2.39 bits per heavy atom. The van der Waals surface area contributed by atoms with E-state index in [4.69, 9.17) is 18.4 Å². The van der Waals surface area contributed by atoms with Gasteiger partial charge in [-0.2, -0.15) is 8.42 Å². The maximum atomic E-state index is 13.0. The molecule has 5 rings (SSSR count). The maximum Gasteiger partial charge on any atom is 0.261 e. The lowest BCUT2D eigenvalue weighted by atomic mass is 10.0. The summed E-state index contributed by atoms with van der Waals surface area (Å²) in [5, 5.41) is 6.69. The average molecular weight is 581 g/mol. The Kier molecular flexibility index (Phi) is 9.77. The number of amides is 1. The van der Waals surface area contributed by atoms with Crippen LogP contribution >= 0.6 is 0 Å². The molecule has 1 atom stereocenters. The first-order valence-corrected chi connectivity index (χ1v) is 14.9. The van der Waals surface area contributed by atoms with Gasteiger partial charge >= 0.3 is 0 Å². The monoisotopic (exact) mass is 580 g/mol. The molecule has 1 aromatic heterocycles. The van der Waals surface area contributed by atoms with E-state index >= 15 is 0 Å². The molecule has 1 aliphatic heterocycles. The highest BCUT2D eigenvalue weighted by molar-refractivity contribution is 7.85. The highest BCUT2D eigenvalue weighted by Crippen LogP contribution is 2.30. The highest BCUT2D eigenvalue weighted by atomic mass is 32.2. The lowest BCUT2D eigenvalue weighted by Crippen LogP contribution is -2.39. The van der Waals surface area contributed by atoms with Gasteiger partial charge in [0.25, 0.3) is 16.0 Å². The van der Waals surface area contributed by atoms with E-state index in [-0.39, 0.29) is 17.4 Å². The summed E-state index contributed by atoms with van der Waals surface area (Å²) in [4.78, 5) is 26.0. The van der Waals surface area contributed by atoms with Crippen LogP contribution in [0.2, 0.25) is 0 Å². The smallest absolute Gasteiger partial charge is 0.261 e. The maximum absolute atomic E-state index is 13.0. The fourth-order valence-electron chi connectivity index (χ4n) is 4.29. The van der Waals surface area contributed by atoms with Crippen molar-refractivity contribution in [3.05, 3.63) is 94.1 Å². The minimum atomic E-state index is -3.67. The molecule has 1 amide bonds. The van der Waals surface area contributed by atoms with Gasteiger partial charge in [-0.3, -0.25) is 14.1 Å². The molecular formula is C30H32N2O8S. The second-order valence-electron chi connectivity index (χ2n) is 9.48. The number of para-hydroxylation sites is 3. The molecular weight excluding hydrogens is 548 g/mol. The molecule has 3 aromatic carbocycles. The quantitative estimate of drug-likeness (QED) is 0.209. The van der Waals surface area contributed by atoms with Crippen LogP contribution in [-0.2, 0) is 10.1 Å². The van der Waals surface area contributed by atoms with Crippen LogP contribution in [0, 0.1) is 6.92 Å². The van der Waals surface area contributed by atoms with Gasteiger partial charge in [-0.1, -0.05) is 48.5 Å². The van der Waals surface area contributed by atoms with Crippen LogP contribution in [0.15, 0.2) is 82.0 Å². The van der Waals surface area contributed by atoms with E-state index in [0.29, 0.717) is 60.4 Å². The first kappa shape index (κ1) is 29.8. The van der Waals surface area contributed by atoms with E-state index in [1.807, 2.05) is 54.6 Å². The van der Waals surface area contributed by atoms with Crippen molar-refractivity contribution < 1.29 is 31.7 Å². The molecule has 1 unspecified atom stereocenters. The minimum Gasteiger partial charge on any atom is -0.486 e. The zero-order chi connectivity index (χ0) is 29.4. The fraction of sp³-hybridized carbons (Fsp3) is 0.267. The molecule has 0 aliphatic carbocycles. The van der Waals surface area contributed by atoms with Crippen LogP contribution < -0.4 is 25.5 Å². The number of carbonyl (C=O) groups is 1. The molecule has 3 N–H and O–H groups in total. The van der Waals surface area contributed by atoms with Crippen LogP contribution in [0.1, 0.15) is 22.3 Å². The van der Waals surface area contributed by atoms with E-state index in [0.717, 1.165) is 23.5 Å². The Balaban J connectivity index is 0.000000714. The SMILES string of the molecule is CS(=O)(=O)O.Cc1c(-c2ccccc2)oc2c(C(=O)NCCCNCC3COc4ccccc4O3)cccc2c1=O. The standard InChI is InChI=1S/C29H28N2O5.CH4O3S/c1-19-26(32)22-11-7-12-23(28(22)36-27(19)20-9-3-2-4-10-20)29(33)31-16-8-15-30-17-21-18-34-24-13-5-6-14-25(24)35-21;1-5(2,3)4/h2-7,9-14,21,30H,8,15-18H2,1H3,(H,31,33);1H3,(H,2,3,4). The fourth-order valence-corrected chi connectivity index (χ4v) is 4.29. The lowest BCUT2D eigenvalue weighted by Gasteiger charge is -2.26. The molecule has 0 bridgehead atoms. The van der Waals surface area contributed by atoms with Gasteiger partial charge < -0.3 is 24.5 Å². The molecule has 216 valence electrons. The van der Waals surface area contributed by atoms with Crippen LogP contribution in [0.5, 0.6) is 11.5 Å². The normalized spacial score (nSPS) is 14.2. The summed E-state index contributed by atoms with van der Waals surface area (Å²) in [7, 11) is -3.67. The number of hydrogen-bond donors (Lipinski definition) is 3. The summed E-state index contributed by atoms with van der Waals surface area (Å²) in [5.41, 5.74) is 1.84. The molecule has 1 aliphatic rings. The van der Waals surface area contributed by atoms with Crippen molar-refractivity contribution in [2.24, 2.45) is 0 Å². The Morgan fingerprint density at radius 1 is 0.976 bits per heavy atom. The van der Waals surface area contributed by atoms with E-state index in [9.17, 15) is 18.0 Å². The summed E-state index contributed by atoms with van der Waals surface area (Å²) >= 11 is 0. The summed E-state index contributed by atoms with van der Waals surface area (Å²) < 4.78 is 43.7. The van der Waals surface area contributed by atoms with Crippen LogP contribution in [0.4, 0.5) is 0 Å². The van der Waals surface area contributed by atoms with Gasteiger partial charge in [-0.05, 0) is 44.2 Å². The van der Waals surface area contributed by atoms with Crippen molar-refractivity contribution >= 4 is 27.0 Å². The highest BCUT2D eigenvalue weighted by Gasteiger charge is 2.20. The van der Waals surface area contributed by atoms with Crippen molar-refractivity contribution in [1.82, 2.24) is 10.6 Å². The first-order chi connectivity index (χ1) is 19.6. The molecule has 41 heavy (non-hydrogen) atoms. The van der Waals surface area contributed by atoms with E-state index < -0.39 is 10.1 Å². The number of benzene rings is 3. The third-order valence-electron chi connectivity index (χ3n) is 6.18. The predicted molar refractivity (Wildman–Crippen MR) is 156 cm³/mol. The third kappa shape index (κ3) is 8.16. The Bertz CT molecular complexity index is 1660. The molecule has 4 aromatic rings.